The number of amides is 1. The molecule has 130 valence electrons. The summed E-state index contributed by atoms with van der Waals surface area (Å²) in [5, 5.41) is 7.96. The molecule has 0 saturated carbocycles. The predicted octanol–water partition coefficient (Wildman–Crippen LogP) is 2.70. The van der Waals surface area contributed by atoms with Gasteiger partial charge >= 0.3 is 0 Å². The van der Waals surface area contributed by atoms with Crippen LogP contribution in [-0.4, -0.2) is 40.8 Å². The summed E-state index contributed by atoms with van der Waals surface area (Å²) < 4.78 is 16.8. The zero-order chi connectivity index (χ0) is 17.3. The SMILES string of the molecule is CCc1cc(C(=O)N2C[C@@H](OC)C[C@@H]2c2nnc(C)o2)oc1CC. The van der Waals surface area contributed by atoms with Crippen molar-refractivity contribution in [3.8, 4) is 0 Å². The van der Waals surface area contributed by atoms with Crippen molar-refractivity contribution in [1.29, 1.82) is 0 Å². The maximum absolute atomic E-state index is 13.0. The molecule has 0 aromatic carbocycles. The molecule has 0 spiro atoms. The van der Waals surface area contributed by atoms with E-state index >= 15 is 0 Å². The highest BCUT2D eigenvalue weighted by atomic mass is 16.5. The van der Waals surface area contributed by atoms with E-state index in [9.17, 15) is 4.79 Å². The molecule has 3 heterocycles. The standard InChI is InChI=1S/C17H23N3O4/c1-5-11-7-15(24-14(11)6-2)17(21)20-9-12(22-4)8-13(20)16-19-18-10(3)23-16/h7,12-13H,5-6,8-9H2,1-4H3/t12-,13+/m0/s1. The summed E-state index contributed by atoms with van der Waals surface area (Å²) in [6.07, 6.45) is 2.18. The fraction of sp³-hybridized carbons (Fsp3) is 0.588. The van der Waals surface area contributed by atoms with Gasteiger partial charge in [-0.05, 0) is 18.1 Å². The van der Waals surface area contributed by atoms with E-state index in [0.717, 1.165) is 24.2 Å². The highest BCUT2D eigenvalue weighted by molar-refractivity contribution is 5.92. The van der Waals surface area contributed by atoms with Crippen molar-refractivity contribution < 1.29 is 18.4 Å². The molecule has 1 aliphatic rings. The van der Waals surface area contributed by atoms with Gasteiger partial charge in [0, 0.05) is 33.4 Å². The lowest BCUT2D eigenvalue weighted by molar-refractivity contribution is 0.0642. The third-order valence-electron chi connectivity index (χ3n) is 4.49. The fourth-order valence-corrected chi connectivity index (χ4v) is 3.19. The molecular formula is C17H23N3O4. The normalized spacial score (nSPS) is 20.8. The topological polar surface area (TPSA) is 81.6 Å². The van der Waals surface area contributed by atoms with Crippen molar-refractivity contribution in [2.45, 2.75) is 52.2 Å². The Labute approximate surface area is 141 Å². The van der Waals surface area contributed by atoms with Crippen LogP contribution in [-0.2, 0) is 17.6 Å². The van der Waals surface area contributed by atoms with Gasteiger partial charge in [0.15, 0.2) is 5.76 Å². The van der Waals surface area contributed by atoms with Crippen molar-refractivity contribution in [1.82, 2.24) is 15.1 Å². The molecular weight excluding hydrogens is 310 g/mol. The van der Waals surface area contributed by atoms with Crippen molar-refractivity contribution in [2.75, 3.05) is 13.7 Å². The van der Waals surface area contributed by atoms with E-state index in [1.807, 2.05) is 13.0 Å². The van der Waals surface area contributed by atoms with E-state index in [-0.39, 0.29) is 18.1 Å². The molecule has 2 aromatic heterocycles. The number of methoxy groups -OCH3 is 1. The van der Waals surface area contributed by atoms with Crippen molar-refractivity contribution in [3.63, 3.8) is 0 Å². The smallest absolute Gasteiger partial charge is 0.290 e. The van der Waals surface area contributed by atoms with Crippen LogP contribution in [0.3, 0.4) is 0 Å². The molecule has 1 aliphatic heterocycles. The van der Waals surface area contributed by atoms with E-state index in [2.05, 4.69) is 17.1 Å². The molecule has 0 bridgehead atoms. The van der Waals surface area contributed by atoms with Crippen molar-refractivity contribution in [3.05, 3.63) is 34.9 Å². The van der Waals surface area contributed by atoms with Crippen LogP contribution >= 0.6 is 0 Å². The molecule has 2 aromatic rings. The minimum absolute atomic E-state index is 0.0580. The average molecular weight is 333 g/mol. The van der Waals surface area contributed by atoms with Crippen LogP contribution in [0.5, 0.6) is 0 Å². The van der Waals surface area contributed by atoms with Gasteiger partial charge in [-0.2, -0.15) is 0 Å². The number of rotatable bonds is 5. The summed E-state index contributed by atoms with van der Waals surface area (Å²) in [6.45, 7) is 6.29. The van der Waals surface area contributed by atoms with Crippen LogP contribution in [0.1, 0.15) is 60.0 Å². The van der Waals surface area contributed by atoms with E-state index in [0.29, 0.717) is 30.5 Å². The van der Waals surface area contributed by atoms with Crippen LogP contribution in [0, 0.1) is 6.92 Å². The number of aromatic nitrogens is 2. The number of hydrogen-bond donors (Lipinski definition) is 0. The minimum Gasteiger partial charge on any atom is -0.456 e. The number of furan rings is 1. The molecule has 2 atom stereocenters. The molecule has 1 fully saturated rings. The molecule has 0 N–H and O–H groups in total. The molecule has 0 aliphatic carbocycles. The van der Waals surface area contributed by atoms with E-state index in [1.165, 1.54) is 0 Å². The van der Waals surface area contributed by atoms with Crippen molar-refractivity contribution >= 4 is 5.91 Å². The zero-order valence-corrected chi connectivity index (χ0v) is 14.5. The molecule has 24 heavy (non-hydrogen) atoms. The Morgan fingerprint density at radius 2 is 2.12 bits per heavy atom. The Morgan fingerprint density at radius 1 is 1.33 bits per heavy atom. The highest BCUT2D eigenvalue weighted by Crippen LogP contribution is 2.34. The maximum Gasteiger partial charge on any atom is 0.290 e. The lowest BCUT2D eigenvalue weighted by Gasteiger charge is -2.20. The van der Waals surface area contributed by atoms with Gasteiger partial charge in [-0.25, -0.2) is 0 Å². The summed E-state index contributed by atoms with van der Waals surface area (Å²) in [5.74, 6) is 2.00. The Kier molecular flexibility index (Phi) is 4.71. The van der Waals surface area contributed by atoms with Crippen LogP contribution in [0.2, 0.25) is 0 Å². The van der Waals surface area contributed by atoms with Gasteiger partial charge in [0.05, 0.1) is 6.10 Å². The van der Waals surface area contributed by atoms with Gasteiger partial charge in [0.2, 0.25) is 11.8 Å². The quantitative estimate of drug-likeness (QED) is 0.837. The van der Waals surface area contributed by atoms with E-state index in [1.54, 1.807) is 18.9 Å². The Balaban J connectivity index is 1.89. The van der Waals surface area contributed by atoms with Crippen LogP contribution < -0.4 is 0 Å². The number of aryl methyl sites for hydroxylation is 3. The number of ether oxygens (including phenoxy) is 1. The van der Waals surface area contributed by atoms with Crippen molar-refractivity contribution in [2.24, 2.45) is 0 Å². The number of hydrogen-bond acceptors (Lipinski definition) is 6. The second kappa shape index (κ2) is 6.76. The largest absolute Gasteiger partial charge is 0.456 e. The van der Waals surface area contributed by atoms with Crippen LogP contribution in [0.25, 0.3) is 0 Å². The van der Waals surface area contributed by atoms with Gasteiger partial charge < -0.3 is 18.5 Å². The Hall–Kier alpha value is -2.15. The third-order valence-corrected chi connectivity index (χ3v) is 4.49. The summed E-state index contributed by atoms with van der Waals surface area (Å²) in [7, 11) is 1.64. The molecule has 3 rings (SSSR count). The number of nitrogens with zero attached hydrogens (tertiary/aromatic N) is 3. The molecule has 7 nitrogen and oxygen atoms in total. The average Bonchev–Trinajstić information content (AvgIpc) is 3.30. The number of carbonyl (C=O) groups is 1. The maximum atomic E-state index is 13.0. The second-order valence-corrected chi connectivity index (χ2v) is 5.99. The minimum atomic E-state index is -0.288. The second-order valence-electron chi connectivity index (χ2n) is 5.99. The first-order valence-corrected chi connectivity index (χ1v) is 8.32. The summed E-state index contributed by atoms with van der Waals surface area (Å²) in [5.41, 5.74) is 1.08. The fourth-order valence-electron chi connectivity index (χ4n) is 3.19. The predicted molar refractivity (Wildman–Crippen MR) is 85.7 cm³/mol. The van der Waals surface area contributed by atoms with Gasteiger partial charge in [-0.15, -0.1) is 10.2 Å². The van der Waals surface area contributed by atoms with E-state index < -0.39 is 0 Å². The van der Waals surface area contributed by atoms with Gasteiger partial charge in [-0.3, -0.25) is 4.79 Å². The van der Waals surface area contributed by atoms with Gasteiger partial charge in [0.1, 0.15) is 11.8 Å². The number of carbonyl (C=O) groups excluding carboxylic acids is 1. The zero-order valence-electron chi connectivity index (χ0n) is 14.5. The Morgan fingerprint density at radius 3 is 2.67 bits per heavy atom. The van der Waals surface area contributed by atoms with Gasteiger partial charge in [-0.1, -0.05) is 13.8 Å². The lowest BCUT2D eigenvalue weighted by atomic mass is 10.1. The van der Waals surface area contributed by atoms with Crippen LogP contribution in [0.15, 0.2) is 14.9 Å². The summed E-state index contributed by atoms with van der Waals surface area (Å²) in [4.78, 5) is 14.7. The van der Waals surface area contributed by atoms with E-state index in [4.69, 9.17) is 13.6 Å². The molecule has 0 unspecified atom stereocenters. The Bertz CT molecular complexity index is 700. The molecule has 1 saturated heterocycles. The first-order valence-electron chi connectivity index (χ1n) is 8.32. The molecule has 1 amide bonds. The first kappa shape index (κ1) is 16.7. The first-order chi connectivity index (χ1) is 11.6. The number of likely N-dealkylation sites (tertiary alicyclic amines) is 1. The monoisotopic (exact) mass is 333 g/mol. The molecule has 0 radical (unpaired) electrons. The van der Waals surface area contributed by atoms with Gasteiger partial charge in [0.25, 0.3) is 5.91 Å². The third kappa shape index (κ3) is 2.96. The lowest BCUT2D eigenvalue weighted by Crippen LogP contribution is -2.32. The summed E-state index contributed by atoms with van der Waals surface area (Å²) in [6, 6.07) is 1.56. The van der Waals surface area contributed by atoms with Crippen LogP contribution in [0.4, 0.5) is 0 Å². The molecule has 7 heteroatoms. The highest BCUT2D eigenvalue weighted by Gasteiger charge is 2.40. The summed E-state index contributed by atoms with van der Waals surface area (Å²) >= 11 is 0.